The van der Waals surface area contributed by atoms with Gasteiger partial charge in [0.05, 0.1) is 25.2 Å². The number of hydrogen-bond donors (Lipinski definition) is 0. The Morgan fingerprint density at radius 1 is 0.950 bits per heavy atom. The van der Waals surface area contributed by atoms with Crippen molar-refractivity contribution in [2.75, 3.05) is 20.8 Å². The number of ether oxygens (including phenoxy) is 2. The molecule has 0 saturated carbocycles. The number of esters is 2. The Bertz CT molecular complexity index is 1700. The largest absolute Gasteiger partial charge is 0.468 e. The van der Waals surface area contributed by atoms with Crippen LogP contribution in [0.25, 0.3) is 10.9 Å². The summed E-state index contributed by atoms with van der Waals surface area (Å²) in [6.45, 7) is 1.90. The van der Waals surface area contributed by atoms with E-state index in [0.717, 1.165) is 41.8 Å². The van der Waals surface area contributed by atoms with Gasteiger partial charge in [-0.25, -0.2) is 8.42 Å². The summed E-state index contributed by atoms with van der Waals surface area (Å²) in [4.78, 5) is 26.5. The average molecular weight is 581 g/mol. The molecule has 0 saturated heterocycles. The van der Waals surface area contributed by atoms with Crippen molar-refractivity contribution < 1.29 is 27.5 Å². The molecule has 2 atom stereocenters. The second-order valence-electron chi connectivity index (χ2n) is 9.81. The molecule has 1 aliphatic rings. The minimum absolute atomic E-state index is 0.0319. The molecule has 10 heteroatoms. The lowest BCUT2D eigenvalue weighted by molar-refractivity contribution is -0.161. The van der Waals surface area contributed by atoms with Gasteiger partial charge in [-0.15, -0.1) is 0 Å². The molecule has 8 nitrogen and oxygen atoms in total. The van der Waals surface area contributed by atoms with E-state index < -0.39 is 39.8 Å². The third kappa shape index (κ3) is 4.48. The molecular formula is C30H29ClN2O6S. The molecule has 0 amide bonds. The molecular weight excluding hydrogens is 552 g/mol. The Morgan fingerprint density at radius 2 is 1.57 bits per heavy atom. The van der Waals surface area contributed by atoms with E-state index in [1.807, 2.05) is 47.9 Å². The lowest BCUT2D eigenvalue weighted by Gasteiger charge is -2.41. The van der Waals surface area contributed by atoms with E-state index in [2.05, 4.69) is 0 Å². The van der Waals surface area contributed by atoms with Crippen LogP contribution in [-0.4, -0.2) is 50.0 Å². The van der Waals surface area contributed by atoms with E-state index in [9.17, 15) is 18.0 Å². The van der Waals surface area contributed by atoms with Crippen LogP contribution in [0.4, 0.5) is 0 Å². The fourth-order valence-corrected chi connectivity index (χ4v) is 7.68. The SMILES string of the molecule is COC(=O)C(C(=O)OC)[C@H]1c2c(c3cc(C)ccc3n2C)[C@@H](c2ccccc2Cl)CN1S(=O)(=O)c1ccccc1. The van der Waals surface area contributed by atoms with Crippen LogP contribution in [0, 0.1) is 12.8 Å². The number of aromatic nitrogens is 1. The maximum atomic E-state index is 14.4. The molecule has 0 fully saturated rings. The van der Waals surface area contributed by atoms with Gasteiger partial charge in [-0.1, -0.05) is 59.6 Å². The van der Waals surface area contributed by atoms with Crippen LogP contribution in [0.3, 0.4) is 0 Å². The van der Waals surface area contributed by atoms with Crippen LogP contribution >= 0.6 is 11.6 Å². The van der Waals surface area contributed by atoms with E-state index >= 15 is 0 Å². The number of methoxy groups -OCH3 is 2. The van der Waals surface area contributed by atoms with Crippen LogP contribution in [0.2, 0.25) is 5.02 Å². The zero-order valence-electron chi connectivity index (χ0n) is 22.5. The highest BCUT2D eigenvalue weighted by Crippen LogP contribution is 2.50. The summed E-state index contributed by atoms with van der Waals surface area (Å²) < 4.78 is 41.9. The summed E-state index contributed by atoms with van der Waals surface area (Å²) in [7, 11) is -0.110. The molecule has 0 aliphatic carbocycles. The zero-order chi connectivity index (χ0) is 28.8. The van der Waals surface area contributed by atoms with Crippen molar-refractivity contribution in [3.8, 4) is 0 Å². The van der Waals surface area contributed by atoms with E-state index in [1.54, 1.807) is 31.3 Å². The van der Waals surface area contributed by atoms with Crippen molar-refractivity contribution in [2.45, 2.75) is 23.8 Å². The molecule has 5 rings (SSSR count). The molecule has 4 aromatic rings. The van der Waals surface area contributed by atoms with Gasteiger partial charge >= 0.3 is 11.9 Å². The minimum atomic E-state index is -4.24. The van der Waals surface area contributed by atoms with Crippen molar-refractivity contribution in [2.24, 2.45) is 13.0 Å². The second-order valence-corrected chi connectivity index (χ2v) is 12.1. The van der Waals surface area contributed by atoms with Gasteiger partial charge < -0.3 is 14.0 Å². The predicted molar refractivity (Wildman–Crippen MR) is 152 cm³/mol. The molecule has 40 heavy (non-hydrogen) atoms. The zero-order valence-corrected chi connectivity index (χ0v) is 24.1. The summed E-state index contributed by atoms with van der Waals surface area (Å²) in [6, 6.07) is 19.9. The fourth-order valence-electron chi connectivity index (χ4n) is 5.77. The molecule has 2 heterocycles. The standard InChI is InChI=1S/C30H29ClN2O6S/c1-18-14-15-24-21(16-18)25-22(20-12-8-9-13-23(20)31)17-33(40(36,37)19-10-6-5-7-11-19)28(27(25)32(24)2)26(29(34)38-3)30(35)39-4/h5-16,22,26,28H,17H2,1-4H3/t22-,28+/m1/s1. The Kier molecular flexibility index (Phi) is 7.48. The van der Waals surface area contributed by atoms with Gasteiger partial charge in [0.15, 0.2) is 5.92 Å². The highest BCUT2D eigenvalue weighted by Gasteiger charge is 2.52. The highest BCUT2D eigenvalue weighted by molar-refractivity contribution is 7.89. The van der Waals surface area contributed by atoms with Gasteiger partial charge in [-0.2, -0.15) is 4.31 Å². The summed E-state index contributed by atoms with van der Waals surface area (Å²) in [5.74, 6) is -3.87. The third-order valence-electron chi connectivity index (χ3n) is 7.60. The first-order valence-corrected chi connectivity index (χ1v) is 14.5. The normalized spacial score (nSPS) is 17.6. The number of benzene rings is 3. The highest BCUT2D eigenvalue weighted by atomic mass is 35.5. The number of rotatable bonds is 6. The first-order valence-electron chi connectivity index (χ1n) is 12.7. The van der Waals surface area contributed by atoms with Crippen LogP contribution < -0.4 is 0 Å². The molecule has 0 radical (unpaired) electrons. The number of nitrogens with zero attached hydrogens (tertiary/aromatic N) is 2. The fraction of sp³-hybridized carbons (Fsp3) is 0.267. The third-order valence-corrected chi connectivity index (χ3v) is 9.80. The molecule has 0 unspecified atom stereocenters. The van der Waals surface area contributed by atoms with Gasteiger partial charge in [-0.3, -0.25) is 9.59 Å². The van der Waals surface area contributed by atoms with Gasteiger partial charge in [0.2, 0.25) is 10.0 Å². The predicted octanol–water partition coefficient (Wildman–Crippen LogP) is 4.98. The van der Waals surface area contributed by atoms with Gasteiger partial charge in [0.1, 0.15) is 0 Å². The maximum absolute atomic E-state index is 14.4. The topological polar surface area (TPSA) is 94.9 Å². The maximum Gasteiger partial charge on any atom is 0.322 e. The minimum Gasteiger partial charge on any atom is -0.468 e. The Balaban J connectivity index is 1.91. The van der Waals surface area contributed by atoms with Gasteiger partial charge in [0, 0.05) is 41.1 Å². The molecule has 1 aromatic heterocycles. The molecule has 0 spiro atoms. The van der Waals surface area contributed by atoms with Crippen molar-refractivity contribution >= 4 is 44.5 Å². The van der Waals surface area contributed by atoms with Crippen LogP contribution in [0.1, 0.15) is 34.3 Å². The number of carbonyl (C=O) groups excluding carboxylic acids is 2. The molecule has 0 N–H and O–H groups in total. The number of aryl methyl sites for hydroxylation is 2. The van der Waals surface area contributed by atoms with E-state index in [4.69, 9.17) is 21.1 Å². The van der Waals surface area contributed by atoms with E-state index in [-0.39, 0.29) is 11.4 Å². The molecule has 208 valence electrons. The number of carbonyl (C=O) groups is 2. The van der Waals surface area contributed by atoms with Crippen molar-refractivity contribution in [1.82, 2.24) is 8.87 Å². The summed E-state index contributed by atoms with van der Waals surface area (Å²) >= 11 is 6.71. The van der Waals surface area contributed by atoms with Crippen molar-refractivity contribution in [3.05, 3.63) is 100 Å². The monoisotopic (exact) mass is 580 g/mol. The first kappa shape index (κ1) is 27.9. The van der Waals surface area contributed by atoms with Crippen molar-refractivity contribution in [3.63, 3.8) is 0 Å². The second kappa shape index (κ2) is 10.7. The Morgan fingerprint density at radius 3 is 2.20 bits per heavy atom. The van der Waals surface area contributed by atoms with Crippen LogP contribution in [-0.2, 0) is 36.1 Å². The number of sulfonamides is 1. The van der Waals surface area contributed by atoms with Crippen LogP contribution in [0.15, 0.2) is 77.7 Å². The van der Waals surface area contributed by atoms with Gasteiger partial charge in [-0.05, 0) is 48.4 Å². The molecule has 1 aliphatic heterocycles. The Hall–Kier alpha value is -3.66. The summed E-state index contributed by atoms with van der Waals surface area (Å²) in [5, 5.41) is 1.37. The van der Waals surface area contributed by atoms with Crippen LogP contribution in [0.5, 0.6) is 0 Å². The molecule has 0 bridgehead atoms. The lowest BCUT2D eigenvalue weighted by atomic mass is 9.81. The number of fused-ring (bicyclic) bond motifs is 3. The van der Waals surface area contributed by atoms with E-state index in [1.165, 1.54) is 16.4 Å². The summed E-state index contributed by atoms with van der Waals surface area (Å²) in [6.07, 6.45) is 0. The quantitative estimate of drug-likeness (QED) is 0.236. The number of halogens is 1. The molecule has 3 aromatic carbocycles. The van der Waals surface area contributed by atoms with Gasteiger partial charge in [0.25, 0.3) is 0 Å². The first-order chi connectivity index (χ1) is 19.1. The Labute approximate surface area is 238 Å². The lowest BCUT2D eigenvalue weighted by Crippen LogP contribution is -2.49. The van der Waals surface area contributed by atoms with Crippen molar-refractivity contribution in [1.29, 1.82) is 0 Å². The average Bonchev–Trinajstić information content (AvgIpc) is 3.25. The smallest absolute Gasteiger partial charge is 0.322 e. The summed E-state index contributed by atoms with van der Waals surface area (Å²) in [5.41, 5.74) is 3.87. The number of hydrogen-bond acceptors (Lipinski definition) is 6. The van der Waals surface area contributed by atoms with E-state index in [0.29, 0.717) is 10.7 Å².